The van der Waals surface area contributed by atoms with Crippen LogP contribution in [0.4, 0.5) is 5.69 Å². The Kier molecular flexibility index (Phi) is 5.27. The third kappa shape index (κ3) is 3.50. The highest BCUT2D eigenvalue weighted by Crippen LogP contribution is 2.31. The Hall–Kier alpha value is -1.49. The minimum Gasteiger partial charge on any atom is -0.353 e. The highest BCUT2D eigenvalue weighted by molar-refractivity contribution is 5.50. The van der Waals surface area contributed by atoms with Crippen molar-refractivity contribution in [1.82, 2.24) is 0 Å². The summed E-state index contributed by atoms with van der Waals surface area (Å²) in [5, 5.41) is 9.42. The number of nitrogens with zero attached hydrogens (tertiary/aromatic N) is 2. The maximum absolute atomic E-state index is 9.42. The van der Waals surface area contributed by atoms with E-state index in [9.17, 15) is 5.26 Å². The van der Waals surface area contributed by atoms with Crippen LogP contribution in [0, 0.1) is 11.3 Å². The van der Waals surface area contributed by atoms with Crippen molar-refractivity contribution in [3.63, 3.8) is 0 Å². The molecule has 0 aromatic heterocycles. The fourth-order valence-corrected chi connectivity index (χ4v) is 3.11. The van der Waals surface area contributed by atoms with Gasteiger partial charge in [0.2, 0.25) is 0 Å². The van der Waals surface area contributed by atoms with E-state index in [2.05, 4.69) is 42.2 Å². The summed E-state index contributed by atoms with van der Waals surface area (Å²) in [6.07, 6.45) is 8.50. The molecular weight excluding hydrogens is 232 g/mol. The zero-order valence-corrected chi connectivity index (χ0v) is 11.9. The minimum absolute atomic E-state index is 0.0581. The Bertz CT molecular complexity index is 407. The maximum atomic E-state index is 9.42. The van der Waals surface area contributed by atoms with E-state index >= 15 is 0 Å². The van der Waals surface area contributed by atoms with Crippen LogP contribution in [0.1, 0.15) is 51.9 Å². The van der Waals surface area contributed by atoms with E-state index in [0.717, 1.165) is 6.42 Å². The standard InChI is InChI=1S/C17H24N2/c1-2-3-5-9-16-12-8-13-17(14-18)19(16)15-10-6-4-7-11-15/h4,6-7,10-11,16-17H,2-3,5,8-9,12-13H2,1H3/t16-,17+/m1/s1. The molecule has 2 rings (SSSR count). The van der Waals surface area contributed by atoms with Crippen molar-refractivity contribution in [2.75, 3.05) is 4.90 Å². The molecule has 102 valence electrons. The quantitative estimate of drug-likeness (QED) is 0.724. The molecule has 1 aromatic carbocycles. The van der Waals surface area contributed by atoms with Crippen molar-refractivity contribution in [3.8, 4) is 6.07 Å². The lowest BCUT2D eigenvalue weighted by molar-refractivity contribution is 0.392. The predicted octanol–water partition coefficient (Wildman–Crippen LogP) is 4.52. The molecule has 2 nitrogen and oxygen atoms in total. The lowest BCUT2D eigenvalue weighted by Crippen LogP contribution is -2.46. The summed E-state index contributed by atoms with van der Waals surface area (Å²) in [7, 11) is 0. The summed E-state index contributed by atoms with van der Waals surface area (Å²) in [5.41, 5.74) is 1.22. The molecule has 0 N–H and O–H groups in total. The number of rotatable bonds is 5. The van der Waals surface area contributed by atoms with E-state index in [4.69, 9.17) is 0 Å². The molecule has 1 heterocycles. The first-order valence-electron chi connectivity index (χ1n) is 7.59. The number of nitriles is 1. The first-order chi connectivity index (χ1) is 9.36. The summed E-state index contributed by atoms with van der Waals surface area (Å²) in [5.74, 6) is 0. The molecule has 1 aliphatic rings. The molecule has 1 aromatic rings. The highest BCUT2D eigenvalue weighted by atomic mass is 15.2. The van der Waals surface area contributed by atoms with Gasteiger partial charge in [-0.25, -0.2) is 0 Å². The Morgan fingerprint density at radius 3 is 2.68 bits per heavy atom. The van der Waals surface area contributed by atoms with E-state index in [0.29, 0.717) is 6.04 Å². The summed E-state index contributed by atoms with van der Waals surface area (Å²) in [6, 6.07) is 13.6. The first-order valence-corrected chi connectivity index (χ1v) is 7.59. The lowest BCUT2D eigenvalue weighted by atomic mass is 9.92. The summed E-state index contributed by atoms with van der Waals surface area (Å²) in [4.78, 5) is 2.37. The van der Waals surface area contributed by atoms with Crippen LogP contribution in [-0.4, -0.2) is 12.1 Å². The van der Waals surface area contributed by atoms with Crippen molar-refractivity contribution >= 4 is 5.69 Å². The Balaban J connectivity index is 2.13. The lowest BCUT2D eigenvalue weighted by Gasteiger charge is -2.41. The Labute approximate surface area is 117 Å². The van der Waals surface area contributed by atoms with Gasteiger partial charge in [0.05, 0.1) is 6.07 Å². The predicted molar refractivity (Wildman–Crippen MR) is 80.1 cm³/mol. The molecular formula is C17H24N2. The molecule has 2 heteroatoms. The van der Waals surface area contributed by atoms with E-state index in [1.807, 2.05) is 6.07 Å². The Morgan fingerprint density at radius 2 is 2.00 bits per heavy atom. The van der Waals surface area contributed by atoms with Crippen molar-refractivity contribution < 1.29 is 0 Å². The van der Waals surface area contributed by atoms with E-state index in [-0.39, 0.29) is 6.04 Å². The zero-order valence-electron chi connectivity index (χ0n) is 11.9. The average Bonchev–Trinajstić information content (AvgIpc) is 2.48. The zero-order chi connectivity index (χ0) is 13.5. The molecule has 2 atom stereocenters. The number of anilines is 1. The summed E-state index contributed by atoms with van der Waals surface area (Å²) < 4.78 is 0. The number of piperidine rings is 1. The van der Waals surface area contributed by atoms with Gasteiger partial charge < -0.3 is 4.90 Å². The number of benzene rings is 1. The molecule has 1 fully saturated rings. The fourth-order valence-electron chi connectivity index (χ4n) is 3.11. The van der Waals surface area contributed by atoms with Crippen LogP contribution >= 0.6 is 0 Å². The van der Waals surface area contributed by atoms with Gasteiger partial charge in [-0.15, -0.1) is 0 Å². The topological polar surface area (TPSA) is 27.0 Å². The van der Waals surface area contributed by atoms with Crippen LogP contribution in [0.5, 0.6) is 0 Å². The molecule has 0 saturated carbocycles. The SMILES string of the molecule is CCCCC[C@@H]1CCC[C@@H](C#N)N1c1ccccc1. The van der Waals surface area contributed by atoms with Gasteiger partial charge in [-0.1, -0.05) is 44.4 Å². The van der Waals surface area contributed by atoms with Crippen molar-refractivity contribution in [2.24, 2.45) is 0 Å². The largest absolute Gasteiger partial charge is 0.353 e. The van der Waals surface area contributed by atoms with Crippen molar-refractivity contribution in [3.05, 3.63) is 30.3 Å². The van der Waals surface area contributed by atoms with Crippen LogP contribution in [0.2, 0.25) is 0 Å². The summed E-state index contributed by atoms with van der Waals surface area (Å²) in [6.45, 7) is 2.24. The maximum Gasteiger partial charge on any atom is 0.117 e. The summed E-state index contributed by atoms with van der Waals surface area (Å²) >= 11 is 0. The third-order valence-electron chi connectivity index (χ3n) is 4.09. The normalized spacial score (nSPS) is 23.1. The van der Waals surface area contributed by atoms with Gasteiger partial charge in [0.25, 0.3) is 0 Å². The molecule has 0 radical (unpaired) electrons. The molecule has 1 saturated heterocycles. The van der Waals surface area contributed by atoms with Gasteiger partial charge in [-0.05, 0) is 37.8 Å². The smallest absolute Gasteiger partial charge is 0.117 e. The van der Waals surface area contributed by atoms with Crippen molar-refractivity contribution in [1.29, 1.82) is 5.26 Å². The van der Waals surface area contributed by atoms with E-state index in [1.54, 1.807) is 0 Å². The van der Waals surface area contributed by atoms with Crippen LogP contribution < -0.4 is 4.90 Å². The second-order valence-electron chi connectivity index (χ2n) is 5.47. The van der Waals surface area contributed by atoms with Gasteiger partial charge in [-0.3, -0.25) is 0 Å². The van der Waals surface area contributed by atoms with Crippen LogP contribution in [0.25, 0.3) is 0 Å². The Morgan fingerprint density at radius 1 is 1.21 bits per heavy atom. The number of unbranched alkanes of at least 4 members (excludes halogenated alkanes) is 2. The molecule has 1 aliphatic heterocycles. The molecule has 0 spiro atoms. The van der Waals surface area contributed by atoms with Gasteiger partial charge in [0.1, 0.15) is 6.04 Å². The minimum atomic E-state index is 0.0581. The molecule has 0 aliphatic carbocycles. The third-order valence-corrected chi connectivity index (χ3v) is 4.09. The van der Waals surface area contributed by atoms with Gasteiger partial charge >= 0.3 is 0 Å². The average molecular weight is 256 g/mol. The second kappa shape index (κ2) is 7.19. The number of para-hydroxylation sites is 1. The van der Waals surface area contributed by atoms with Crippen LogP contribution in [0.15, 0.2) is 30.3 Å². The molecule has 0 unspecified atom stereocenters. The molecule has 0 bridgehead atoms. The highest BCUT2D eigenvalue weighted by Gasteiger charge is 2.30. The van der Waals surface area contributed by atoms with E-state index < -0.39 is 0 Å². The fraction of sp³-hybridized carbons (Fsp3) is 0.588. The second-order valence-corrected chi connectivity index (χ2v) is 5.47. The molecule has 0 amide bonds. The van der Waals surface area contributed by atoms with E-state index in [1.165, 1.54) is 44.2 Å². The molecule has 19 heavy (non-hydrogen) atoms. The van der Waals surface area contributed by atoms with Gasteiger partial charge in [0, 0.05) is 11.7 Å². The van der Waals surface area contributed by atoms with Crippen LogP contribution in [-0.2, 0) is 0 Å². The van der Waals surface area contributed by atoms with Crippen molar-refractivity contribution in [2.45, 2.75) is 64.0 Å². The van der Waals surface area contributed by atoms with Crippen LogP contribution in [0.3, 0.4) is 0 Å². The van der Waals surface area contributed by atoms with Gasteiger partial charge in [0.15, 0.2) is 0 Å². The van der Waals surface area contributed by atoms with Gasteiger partial charge in [-0.2, -0.15) is 5.26 Å². The monoisotopic (exact) mass is 256 g/mol. The first kappa shape index (κ1) is 13.9. The number of hydrogen-bond acceptors (Lipinski definition) is 2. The number of hydrogen-bond donors (Lipinski definition) is 0.